The first-order valence-corrected chi connectivity index (χ1v) is 6.95. The molecule has 18 heavy (non-hydrogen) atoms. The highest BCUT2D eigenvalue weighted by Crippen LogP contribution is 2.27. The number of amides is 1. The fraction of sp³-hybridized carbons (Fsp3) is 0.538. The summed E-state index contributed by atoms with van der Waals surface area (Å²) >= 11 is 1.57. The third kappa shape index (κ3) is 2.56. The number of thiophene rings is 1. The molecular formula is C13H17NO3S. The molecule has 1 fully saturated rings. The lowest BCUT2D eigenvalue weighted by Gasteiger charge is -2.12. The molecule has 1 aliphatic rings. The Morgan fingerprint density at radius 1 is 1.39 bits per heavy atom. The van der Waals surface area contributed by atoms with E-state index in [2.05, 4.69) is 5.32 Å². The van der Waals surface area contributed by atoms with E-state index in [1.165, 1.54) is 0 Å². The Morgan fingerprint density at radius 3 is 2.61 bits per heavy atom. The molecule has 2 atom stereocenters. The van der Waals surface area contributed by atoms with Gasteiger partial charge in [-0.2, -0.15) is 0 Å². The van der Waals surface area contributed by atoms with Gasteiger partial charge in [0.1, 0.15) is 0 Å². The highest BCUT2D eigenvalue weighted by atomic mass is 32.1. The van der Waals surface area contributed by atoms with Gasteiger partial charge in [-0.25, -0.2) is 0 Å². The summed E-state index contributed by atoms with van der Waals surface area (Å²) in [6.45, 7) is 3.93. The van der Waals surface area contributed by atoms with Crippen molar-refractivity contribution in [2.24, 2.45) is 5.92 Å². The third-order valence-corrected chi connectivity index (χ3v) is 4.66. The van der Waals surface area contributed by atoms with Crippen molar-refractivity contribution in [2.75, 3.05) is 0 Å². The molecule has 1 amide bonds. The van der Waals surface area contributed by atoms with Gasteiger partial charge in [0.25, 0.3) is 5.91 Å². The van der Waals surface area contributed by atoms with Crippen LogP contribution in [0.2, 0.25) is 0 Å². The number of rotatable bonds is 3. The van der Waals surface area contributed by atoms with E-state index >= 15 is 0 Å². The molecule has 0 radical (unpaired) electrons. The number of carbonyl (C=O) groups is 2. The maximum atomic E-state index is 12.1. The van der Waals surface area contributed by atoms with Crippen LogP contribution in [0.15, 0.2) is 5.38 Å². The summed E-state index contributed by atoms with van der Waals surface area (Å²) in [6.07, 6.45) is 1.95. The summed E-state index contributed by atoms with van der Waals surface area (Å²) in [4.78, 5) is 24.1. The van der Waals surface area contributed by atoms with Gasteiger partial charge in [-0.3, -0.25) is 9.59 Å². The van der Waals surface area contributed by atoms with Gasteiger partial charge in [0, 0.05) is 16.3 Å². The number of nitrogens with one attached hydrogen (secondary N) is 1. The van der Waals surface area contributed by atoms with Crippen LogP contribution in [-0.4, -0.2) is 23.0 Å². The van der Waals surface area contributed by atoms with E-state index in [4.69, 9.17) is 5.11 Å². The lowest BCUT2D eigenvalue weighted by Crippen LogP contribution is -2.33. The largest absolute Gasteiger partial charge is 0.481 e. The van der Waals surface area contributed by atoms with Crippen LogP contribution in [0.5, 0.6) is 0 Å². The SMILES string of the molecule is Cc1scc(C(=O)N[C@H]2CC[C@@H](C(=O)O)C2)c1C. The molecular weight excluding hydrogens is 250 g/mol. The first-order chi connectivity index (χ1) is 8.49. The minimum absolute atomic E-state index is 0.00166. The van der Waals surface area contributed by atoms with Gasteiger partial charge in [0.05, 0.1) is 11.5 Å². The second kappa shape index (κ2) is 5.10. The van der Waals surface area contributed by atoms with Crippen molar-refractivity contribution in [3.63, 3.8) is 0 Å². The van der Waals surface area contributed by atoms with Crippen LogP contribution < -0.4 is 5.32 Å². The summed E-state index contributed by atoms with van der Waals surface area (Å²) in [7, 11) is 0. The van der Waals surface area contributed by atoms with Crippen LogP contribution >= 0.6 is 11.3 Å². The van der Waals surface area contributed by atoms with Crippen LogP contribution in [-0.2, 0) is 4.79 Å². The summed E-state index contributed by atoms with van der Waals surface area (Å²) < 4.78 is 0. The predicted octanol–water partition coefficient (Wildman–Crippen LogP) is 2.35. The molecule has 2 rings (SSSR count). The Morgan fingerprint density at radius 2 is 2.11 bits per heavy atom. The van der Waals surface area contributed by atoms with Gasteiger partial charge in [0.2, 0.25) is 0 Å². The zero-order chi connectivity index (χ0) is 13.3. The van der Waals surface area contributed by atoms with Crippen LogP contribution in [0.4, 0.5) is 0 Å². The second-order valence-corrected chi connectivity index (χ2v) is 5.93. The van der Waals surface area contributed by atoms with Crippen molar-refractivity contribution in [3.8, 4) is 0 Å². The molecule has 1 heterocycles. The Balaban J connectivity index is 1.97. The predicted molar refractivity (Wildman–Crippen MR) is 70.0 cm³/mol. The lowest BCUT2D eigenvalue weighted by atomic mass is 10.1. The average molecular weight is 267 g/mol. The molecule has 0 spiro atoms. The third-order valence-electron chi connectivity index (χ3n) is 3.65. The van der Waals surface area contributed by atoms with E-state index in [0.29, 0.717) is 12.8 Å². The fourth-order valence-corrected chi connectivity index (χ4v) is 3.20. The minimum Gasteiger partial charge on any atom is -0.481 e. The standard InChI is InChI=1S/C13H17NO3S/c1-7-8(2)18-6-11(7)12(15)14-10-4-3-9(5-10)13(16)17/h6,9-10H,3-5H2,1-2H3,(H,14,15)(H,16,17)/t9-,10+/m1/s1. The van der Waals surface area contributed by atoms with Crippen molar-refractivity contribution >= 4 is 23.2 Å². The van der Waals surface area contributed by atoms with E-state index < -0.39 is 5.97 Å². The lowest BCUT2D eigenvalue weighted by molar-refractivity contribution is -0.141. The highest BCUT2D eigenvalue weighted by molar-refractivity contribution is 7.10. The number of hydrogen-bond donors (Lipinski definition) is 2. The van der Waals surface area contributed by atoms with Crippen molar-refractivity contribution in [2.45, 2.75) is 39.2 Å². The number of carbonyl (C=O) groups excluding carboxylic acids is 1. The second-order valence-electron chi connectivity index (χ2n) is 4.85. The topological polar surface area (TPSA) is 66.4 Å². The molecule has 1 aromatic heterocycles. The summed E-state index contributed by atoms with van der Waals surface area (Å²) in [5, 5.41) is 13.7. The molecule has 1 aromatic rings. The van der Waals surface area contributed by atoms with E-state index in [9.17, 15) is 9.59 Å². The van der Waals surface area contributed by atoms with Crippen molar-refractivity contribution < 1.29 is 14.7 Å². The molecule has 2 N–H and O–H groups in total. The molecule has 0 bridgehead atoms. The monoisotopic (exact) mass is 267 g/mol. The Labute approximate surface area is 110 Å². The smallest absolute Gasteiger partial charge is 0.306 e. The molecule has 0 aliphatic heterocycles. The number of hydrogen-bond acceptors (Lipinski definition) is 3. The fourth-order valence-electron chi connectivity index (χ4n) is 2.34. The van der Waals surface area contributed by atoms with Gasteiger partial charge in [-0.15, -0.1) is 11.3 Å². The summed E-state index contributed by atoms with van der Waals surface area (Å²) in [5.74, 6) is -1.14. The minimum atomic E-state index is -0.755. The maximum Gasteiger partial charge on any atom is 0.306 e. The van der Waals surface area contributed by atoms with Crippen LogP contribution in [0.1, 0.15) is 40.1 Å². The number of carboxylic acids is 1. The van der Waals surface area contributed by atoms with Crippen LogP contribution in [0, 0.1) is 19.8 Å². The van der Waals surface area contributed by atoms with Gasteiger partial charge in [-0.1, -0.05) is 0 Å². The average Bonchev–Trinajstić information content (AvgIpc) is 2.88. The molecule has 0 aromatic carbocycles. The molecule has 98 valence electrons. The van der Waals surface area contributed by atoms with E-state index in [1.807, 2.05) is 19.2 Å². The maximum absolute atomic E-state index is 12.1. The molecule has 4 nitrogen and oxygen atoms in total. The molecule has 5 heteroatoms. The van der Waals surface area contributed by atoms with E-state index in [0.717, 1.165) is 22.4 Å². The van der Waals surface area contributed by atoms with Gasteiger partial charge < -0.3 is 10.4 Å². The van der Waals surface area contributed by atoms with Gasteiger partial charge in [0.15, 0.2) is 0 Å². The van der Waals surface area contributed by atoms with Crippen molar-refractivity contribution in [1.82, 2.24) is 5.32 Å². The molecule has 1 aliphatic carbocycles. The zero-order valence-corrected chi connectivity index (χ0v) is 11.3. The Kier molecular flexibility index (Phi) is 3.71. The van der Waals surface area contributed by atoms with E-state index in [-0.39, 0.29) is 17.9 Å². The summed E-state index contributed by atoms with van der Waals surface area (Å²) in [5.41, 5.74) is 1.74. The number of carboxylic acid groups (broad SMARTS) is 1. The van der Waals surface area contributed by atoms with Crippen molar-refractivity contribution in [1.29, 1.82) is 0 Å². The zero-order valence-electron chi connectivity index (χ0n) is 10.5. The van der Waals surface area contributed by atoms with E-state index in [1.54, 1.807) is 11.3 Å². The Hall–Kier alpha value is -1.36. The highest BCUT2D eigenvalue weighted by Gasteiger charge is 2.30. The number of aliphatic carboxylic acids is 1. The first kappa shape index (κ1) is 13.1. The van der Waals surface area contributed by atoms with Crippen LogP contribution in [0.25, 0.3) is 0 Å². The number of aryl methyl sites for hydroxylation is 1. The normalized spacial score (nSPS) is 23.0. The van der Waals surface area contributed by atoms with Gasteiger partial charge >= 0.3 is 5.97 Å². The Bertz CT molecular complexity index is 481. The molecule has 0 saturated heterocycles. The molecule has 1 saturated carbocycles. The quantitative estimate of drug-likeness (QED) is 0.883. The van der Waals surface area contributed by atoms with Gasteiger partial charge in [-0.05, 0) is 38.7 Å². The summed E-state index contributed by atoms with van der Waals surface area (Å²) in [6, 6.07) is -0.00166. The molecule has 0 unspecified atom stereocenters. The van der Waals surface area contributed by atoms with Crippen molar-refractivity contribution in [3.05, 3.63) is 21.4 Å². The van der Waals surface area contributed by atoms with Crippen LogP contribution in [0.3, 0.4) is 0 Å². The first-order valence-electron chi connectivity index (χ1n) is 6.07.